The van der Waals surface area contributed by atoms with Crippen LogP contribution < -0.4 is 0 Å². The Bertz CT molecular complexity index is 719. The minimum Gasteiger partial charge on any atom is -0.343 e. The summed E-state index contributed by atoms with van der Waals surface area (Å²) in [5, 5.41) is 0.413. The van der Waals surface area contributed by atoms with Crippen molar-refractivity contribution in [1.82, 2.24) is 4.90 Å². The molecule has 0 saturated carbocycles. The van der Waals surface area contributed by atoms with Crippen molar-refractivity contribution in [2.45, 2.75) is 29.8 Å². The first-order chi connectivity index (χ1) is 11.2. The zero-order valence-electron chi connectivity index (χ0n) is 13.4. The third kappa shape index (κ3) is 2.47. The summed E-state index contributed by atoms with van der Waals surface area (Å²) in [6.45, 7) is 3.43. The Morgan fingerprint density at radius 1 is 1.04 bits per heavy atom. The second-order valence-electron chi connectivity index (χ2n) is 6.50. The summed E-state index contributed by atoms with van der Waals surface area (Å²) in [5.41, 5.74) is 4.33. The van der Waals surface area contributed by atoms with Crippen LogP contribution in [-0.2, 0) is 9.54 Å². The molecule has 1 spiro atoms. The van der Waals surface area contributed by atoms with Gasteiger partial charge in [-0.2, -0.15) is 0 Å². The first-order valence-corrected chi connectivity index (χ1v) is 9.15. The van der Waals surface area contributed by atoms with Gasteiger partial charge in [0.2, 0.25) is 5.91 Å². The standard InChI is InChI=1S/C20H21NOS/c1-15(22)21-13-11-20(12-14-21)18-10-6-5-9-17(18)19(23-20)16-7-3-2-4-8-16/h2-10,19H,11-14H2,1H3. The van der Waals surface area contributed by atoms with E-state index in [0.717, 1.165) is 25.9 Å². The van der Waals surface area contributed by atoms with Crippen LogP contribution >= 0.6 is 11.8 Å². The van der Waals surface area contributed by atoms with Crippen molar-refractivity contribution < 1.29 is 4.79 Å². The maximum absolute atomic E-state index is 11.7. The zero-order chi connectivity index (χ0) is 15.9. The van der Waals surface area contributed by atoms with Gasteiger partial charge in [0.25, 0.3) is 0 Å². The molecule has 1 atom stereocenters. The molecule has 23 heavy (non-hydrogen) atoms. The number of rotatable bonds is 1. The lowest BCUT2D eigenvalue weighted by atomic mass is 9.84. The molecule has 2 aromatic carbocycles. The molecule has 2 nitrogen and oxygen atoms in total. The van der Waals surface area contributed by atoms with Crippen molar-refractivity contribution in [1.29, 1.82) is 0 Å². The number of thioether (sulfide) groups is 1. The molecule has 1 amide bonds. The molecule has 2 aromatic rings. The lowest BCUT2D eigenvalue weighted by Crippen LogP contribution is -2.42. The molecular weight excluding hydrogens is 302 g/mol. The van der Waals surface area contributed by atoms with E-state index in [1.807, 2.05) is 4.90 Å². The van der Waals surface area contributed by atoms with E-state index < -0.39 is 0 Å². The van der Waals surface area contributed by atoms with Gasteiger partial charge >= 0.3 is 0 Å². The molecule has 3 heteroatoms. The molecule has 0 aliphatic carbocycles. The Labute approximate surface area is 141 Å². The number of hydrogen-bond donors (Lipinski definition) is 0. The van der Waals surface area contributed by atoms with E-state index in [1.54, 1.807) is 6.92 Å². The van der Waals surface area contributed by atoms with Gasteiger partial charge in [0.1, 0.15) is 0 Å². The van der Waals surface area contributed by atoms with Crippen molar-refractivity contribution in [2.75, 3.05) is 13.1 Å². The van der Waals surface area contributed by atoms with E-state index in [-0.39, 0.29) is 10.7 Å². The molecule has 0 bridgehead atoms. The third-order valence-electron chi connectivity index (χ3n) is 5.20. The van der Waals surface area contributed by atoms with Crippen LogP contribution in [0.4, 0.5) is 0 Å². The summed E-state index contributed by atoms with van der Waals surface area (Å²) in [6.07, 6.45) is 2.11. The first kappa shape index (κ1) is 14.8. The summed E-state index contributed by atoms with van der Waals surface area (Å²) in [7, 11) is 0. The minimum atomic E-state index is 0.170. The predicted molar refractivity (Wildman–Crippen MR) is 95.5 cm³/mol. The number of likely N-dealkylation sites (tertiary alicyclic amines) is 1. The highest BCUT2D eigenvalue weighted by molar-refractivity contribution is 8.01. The second kappa shape index (κ2) is 5.72. The third-order valence-corrected chi connectivity index (χ3v) is 7.04. The summed E-state index contributed by atoms with van der Waals surface area (Å²) < 4.78 is 0.170. The van der Waals surface area contributed by atoms with Crippen molar-refractivity contribution in [2.24, 2.45) is 0 Å². The quantitative estimate of drug-likeness (QED) is 0.777. The van der Waals surface area contributed by atoms with Crippen LogP contribution in [0.1, 0.15) is 41.7 Å². The number of benzene rings is 2. The fourth-order valence-corrected chi connectivity index (χ4v) is 5.75. The molecule has 1 unspecified atom stereocenters. The maximum atomic E-state index is 11.7. The Kier molecular flexibility index (Phi) is 3.68. The fourth-order valence-electron chi connectivity index (χ4n) is 3.94. The Morgan fingerprint density at radius 3 is 2.39 bits per heavy atom. The van der Waals surface area contributed by atoms with E-state index in [9.17, 15) is 4.79 Å². The van der Waals surface area contributed by atoms with Gasteiger partial charge in [-0.15, -0.1) is 11.8 Å². The van der Waals surface area contributed by atoms with Gasteiger partial charge in [0.05, 0.1) is 5.25 Å². The number of carbonyl (C=O) groups is 1. The van der Waals surface area contributed by atoms with E-state index in [2.05, 4.69) is 66.4 Å². The summed E-state index contributed by atoms with van der Waals surface area (Å²) in [5.74, 6) is 0.204. The average Bonchev–Trinajstić information content (AvgIpc) is 2.91. The van der Waals surface area contributed by atoms with Crippen LogP contribution in [0.3, 0.4) is 0 Å². The number of piperidine rings is 1. The lowest BCUT2D eigenvalue weighted by Gasteiger charge is -2.39. The number of amides is 1. The lowest BCUT2D eigenvalue weighted by molar-refractivity contribution is -0.130. The second-order valence-corrected chi connectivity index (χ2v) is 7.98. The summed E-state index contributed by atoms with van der Waals surface area (Å²) in [4.78, 5) is 13.6. The molecule has 4 rings (SSSR count). The number of hydrogen-bond acceptors (Lipinski definition) is 2. The highest BCUT2D eigenvalue weighted by atomic mass is 32.2. The van der Waals surface area contributed by atoms with Crippen LogP contribution in [-0.4, -0.2) is 23.9 Å². The fraction of sp³-hybridized carbons (Fsp3) is 0.350. The van der Waals surface area contributed by atoms with Gasteiger partial charge in [0, 0.05) is 24.8 Å². The van der Waals surface area contributed by atoms with Crippen molar-refractivity contribution >= 4 is 17.7 Å². The molecular formula is C20H21NOS. The number of nitrogens with zero attached hydrogens (tertiary/aromatic N) is 1. The van der Waals surface area contributed by atoms with Crippen LogP contribution in [0, 0.1) is 0 Å². The number of fused-ring (bicyclic) bond motifs is 2. The smallest absolute Gasteiger partial charge is 0.219 e. The maximum Gasteiger partial charge on any atom is 0.219 e. The average molecular weight is 323 g/mol. The number of carbonyl (C=O) groups excluding carboxylic acids is 1. The van der Waals surface area contributed by atoms with Gasteiger partial charge in [-0.25, -0.2) is 0 Å². The van der Waals surface area contributed by atoms with Crippen molar-refractivity contribution in [3.05, 3.63) is 71.3 Å². The van der Waals surface area contributed by atoms with Gasteiger partial charge < -0.3 is 4.90 Å². The molecule has 118 valence electrons. The molecule has 2 aliphatic rings. The van der Waals surface area contributed by atoms with Gasteiger partial charge in [-0.1, -0.05) is 54.6 Å². The molecule has 2 aliphatic heterocycles. The van der Waals surface area contributed by atoms with E-state index >= 15 is 0 Å². The molecule has 0 radical (unpaired) electrons. The molecule has 2 heterocycles. The molecule has 0 aromatic heterocycles. The van der Waals surface area contributed by atoms with Gasteiger partial charge in [0.15, 0.2) is 0 Å². The summed E-state index contributed by atoms with van der Waals surface area (Å²) >= 11 is 2.09. The highest BCUT2D eigenvalue weighted by Crippen LogP contribution is 2.61. The van der Waals surface area contributed by atoms with Crippen molar-refractivity contribution in [3.8, 4) is 0 Å². The van der Waals surface area contributed by atoms with Crippen LogP contribution in [0.5, 0.6) is 0 Å². The van der Waals surface area contributed by atoms with Crippen LogP contribution in [0.15, 0.2) is 54.6 Å². The van der Waals surface area contributed by atoms with Gasteiger partial charge in [-0.3, -0.25) is 4.79 Å². The first-order valence-electron chi connectivity index (χ1n) is 8.27. The monoisotopic (exact) mass is 323 g/mol. The highest BCUT2D eigenvalue weighted by Gasteiger charge is 2.46. The van der Waals surface area contributed by atoms with Crippen LogP contribution in [0.2, 0.25) is 0 Å². The SMILES string of the molecule is CC(=O)N1CCC2(CC1)SC(c1ccccc1)c1ccccc12. The predicted octanol–water partition coefficient (Wildman–Crippen LogP) is 4.36. The van der Waals surface area contributed by atoms with E-state index in [0.29, 0.717) is 5.25 Å². The van der Waals surface area contributed by atoms with Crippen LogP contribution in [0.25, 0.3) is 0 Å². The van der Waals surface area contributed by atoms with E-state index in [4.69, 9.17) is 0 Å². The summed E-state index contributed by atoms with van der Waals surface area (Å²) in [6, 6.07) is 19.7. The topological polar surface area (TPSA) is 20.3 Å². The van der Waals surface area contributed by atoms with Gasteiger partial charge in [-0.05, 0) is 29.5 Å². The van der Waals surface area contributed by atoms with E-state index in [1.165, 1.54) is 16.7 Å². The minimum absolute atomic E-state index is 0.170. The molecule has 1 saturated heterocycles. The Balaban J connectivity index is 1.70. The normalized spacial score (nSPS) is 22.1. The molecule has 1 fully saturated rings. The largest absolute Gasteiger partial charge is 0.343 e. The zero-order valence-corrected chi connectivity index (χ0v) is 14.2. The Hall–Kier alpha value is -1.74. The molecule has 0 N–H and O–H groups in total. The Morgan fingerprint density at radius 2 is 1.70 bits per heavy atom. The van der Waals surface area contributed by atoms with Crippen molar-refractivity contribution in [3.63, 3.8) is 0 Å².